The van der Waals surface area contributed by atoms with Crippen LogP contribution in [0.1, 0.15) is 24.2 Å². The molecule has 0 bridgehead atoms. The average Bonchev–Trinajstić information content (AvgIpc) is 2.46. The molecule has 0 radical (unpaired) electrons. The number of rotatable bonds is 6. The summed E-state index contributed by atoms with van der Waals surface area (Å²) in [5.74, 6) is 0.137. The summed E-state index contributed by atoms with van der Waals surface area (Å²) in [6.07, 6.45) is 0.211. The Morgan fingerprint density at radius 3 is 2.35 bits per heavy atom. The van der Waals surface area contributed by atoms with Gasteiger partial charge >= 0.3 is 0 Å². The maximum absolute atomic E-state index is 10.1. The molecule has 106 valence electrons. The lowest BCUT2D eigenvalue weighted by atomic mass is 10.1. The molecule has 0 fully saturated rings. The third-order valence-electron chi connectivity index (χ3n) is 3.34. The predicted molar refractivity (Wildman–Crippen MR) is 80.7 cm³/mol. The summed E-state index contributed by atoms with van der Waals surface area (Å²) >= 11 is 0. The topological polar surface area (TPSA) is 52.5 Å². The minimum Gasteiger partial charge on any atom is -0.508 e. The van der Waals surface area contributed by atoms with Gasteiger partial charge in [-0.1, -0.05) is 48.5 Å². The summed E-state index contributed by atoms with van der Waals surface area (Å²) in [5, 5.41) is 23.1. The van der Waals surface area contributed by atoms with Gasteiger partial charge in [-0.2, -0.15) is 0 Å². The van der Waals surface area contributed by atoms with Crippen molar-refractivity contribution in [1.29, 1.82) is 0 Å². The normalized spacial score (nSPS) is 13.9. The van der Waals surface area contributed by atoms with Crippen molar-refractivity contribution in [3.8, 4) is 5.75 Å². The monoisotopic (exact) mass is 271 g/mol. The molecule has 3 N–H and O–H groups in total. The Morgan fingerprint density at radius 1 is 1.00 bits per heavy atom. The van der Waals surface area contributed by atoms with Crippen molar-refractivity contribution in [2.75, 3.05) is 6.54 Å². The van der Waals surface area contributed by atoms with Gasteiger partial charge in [0.15, 0.2) is 0 Å². The molecule has 0 spiro atoms. The highest BCUT2D eigenvalue weighted by Gasteiger charge is 2.12. The minimum atomic E-state index is -0.700. The first-order chi connectivity index (χ1) is 9.66. The van der Waals surface area contributed by atoms with E-state index >= 15 is 0 Å². The Morgan fingerprint density at radius 2 is 1.65 bits per heavy atom. The van der Waals surface area contributed by atoms with Crippen LogP contribution in [0.15, 0.2) is 54.6 Å². The van der Waals surface area contributed by atoms with E-state index in [4.69, 9.17) is 0 Å². The minimum absolute atomic E-state index is 0.137. The van der Waals surface area contributed by atoms with E-state index in [1.165, 1.54) is 5.56 Å². The van der Waals surface area contributed by atoms with Crippen LogP contribution in [0.3, 0.4) is 0 Å². The van der Waals surface area contributed by atoms with E-state index in [9.17, 15) is 10.2 Å². The number of nitrogens with one attached hydrogen (secondary N) is 1. The van der Waals surface area contributed by atoms with Crippen LogP contribution in [-0.2, 0) is 6.42 Å². The van der Waals surface area contributed by atoms with Crippen LogP contribution in [0.5, 0.6) is 5.75 Å². The number of aromatic hydroxyl groups is 1. The lowest BCUT2D eigenvalue weighted by Gasteiger charge is -2.18. The highest BCUT2D eigenvalue weighted by molar-refractivity contribution is 5.33. The van der Waals surface area contributed by atoms with Crippen LogP contribution in [0.25, 0.3) is 0 Å². The first-order valence-corrected chi connectivity index (χ1v) is 6.90. The summed E-state index contributed by atoms with van der Waals surface area (Å²) in [5.41, 5.74) is 1.83. The van der Waals surface area contributed by atoms with Crippen LogP contribution in [0.4, 0.5) is 0 Å². The zero-order chi connectivity index (χ0) is 14.4. The summed E-state index contributed by atoms with van der Waals surface area (Å²) in [7, 11) is 0. The van der Waals surface area contributed by atoms with Gasteiger partial charge in [0.2, 0.25) is 0 Å². The van der Waals surface area contributed by atoms with Gasteiger partial charge in [0, 0.05) is 18.2 Å². The van der Waals surface area contributed by atoms with Crippen molar-refractivity contribution in [1.82, 2.24) is 5.32 Å². The average molecular weight is 271 g/mol. The summed E-state index contributed by atoms with van der Waals surface area (Å²) in [6, 6.07) is 17.4. The Labute approximate surface area is 119 Å². The molecule has 3 nitrogen and oxygen atoms in total. The molecule has 3 heteroatoms. The largest absolute Gasteiger partial charge is 0.508 e. The quantitative estimate of drug-likeness (QED) is 0.757. The fourth-order valence-electron chi connectivity index (χ4n) is 2.23. The molecular formula is C17H21NO2. The Bertz CT molecular complexity index is 528. The third kappa shape index (κ3) is 4.08. The van der Waals surface area contributed by atoms with Crippen molar-refractivity contribution < 1.29 is 10.2 Å². The van der Waals surface area contributed by atoms with Crippen molar-refractivity contribution in [3.63, 3.8) is 0 Å². The van der Waals surface area contributed by atoms with Crippen molar-refractivity contribution in [2.45, 2.75) is 25.5 Å². The molecule has 0 aliphatic carbocycles. The van der Waals surface area contributed by atoms with E-state index in [0.717, 1.165) is 6.42 Å². The fraction of sp³-hybridized carbons (Fsp3) is 0.294. The number of para-hydroxylation sites is 1. The van der Waals surface area contributed by atoms with Gasteiger partial charge in [-0.25, -0.2) is 0 Å². The molecule has 0 aliphatic heterocycles. The number of benzene rings is 2. The molecular weight excluding hydrogens is 250 g/mol. The first kappa shape index (κ1) is 14.6. The zero-order valence-electron chi connectivity index (χ0n) is 11.7. The lowest BCUT2D eigenvalue weighted by molar-refractivity contribution is 0.167. The number of hydrogen-bond donors (Lipinski definition) is 3. The molecule has 0 heterocycles. The Hall–Kier alpha value is -1.84. The van der Waals surface area contributed by atoms with Crippen LogP contribution in [0, 0.1) is 0 Å². The summed E-state index contributed by atoms with van der Waals surface area (Å²) < 4.78 is 0. The smallest absolute Gasteiger partial charge is 0.121 e. The van der Waals surface area contributed by atoms with Gasteiger partial charge in [0.1, 0.15) is 5.75 Å². The van der Waals surface area contributed by atoms with Gasteiger partial charge < -0.3 is 15.5 Å². The van der Waals surface area contributed by atoms with Crippen LogP contribution in [0.2, 0.25) is 0 Å². The molecule has 0 unspecified atom stereocenters. The number of phenolic OH excluding ortho intramolecular Hbond substituents is 1. The predicted octanol–water partition coefficient (Wildman–Crippen LogP) is 2.65. The standard InChI is InChI=1S/C17H21NO2/c1-13(11-14-7-3-2-4-8-14)18-12-17(20)15-9-5-6-10-16(15)19/h2-10,13,17-20H,11-12H2,1H3/t13-,17+/m1/s1. The molecule has 2 atom stereocenters. The molecule has 20 heavy (non-hydrogen) atoms. The molecule has 2 rings (SSSR count). The summed E-state index contributed by atoms with van der Waals surface area (Å²) in [6.45, 7) is 2.51. The van der Waals surface area contributed by atoms with Gasteiger partial charge in [-0.05, 0) is 25.0 Å². The summed E-state index contributed by atoms with van der Waals surface area (Å²) in [4.78, 5) is 0. The van der Waals surface area contributed by atoms with E-state index < -0.39 is 6.10 Å². The van der Waals surface area contributed by atoms with E-state index in [0.29, 0.717) is 12.1 Å². The van der Waals surface area contributed by atoms with E-state index in [1.807, 2.05) is 24.3 Å². The first-order valence-electron chi connectivity index (χ1n) is 6.90. The van der Waals surface area contributed by atoms with E-state index in [1.54, 1.807) is 18.2 Å². The second-order valence-corrected chi connectivity index (χ2v) is 5.07. The SMILES string of the molecule is C[C@H](Cc1ccccc1)NC[C@H](O)c1ccccc1O. The molecule has 0 saturated heterocycles. The van der Waals surface area contributed by atoms with E-state index in [-0.39, 0.29) is 11.8 Å². The highest BCUT2D eigenvalue weighted by Crippen LogP contribution is 2.22. The Kier molecular flexibility index (Phi) is 5.16. The van der Waals surface area contributed by atoms with Crippen molar-refractivity contribution in [3.05, 3.63) is 65.7 Å². The number of aliphatic hydroxyl groups excluding tert-OH is 1. The fourth-order valence-corrected chi connectivity index (χ4v) is 2.23. The number of aliphatic hydroxyl groups is 1. The van der Waals surface area contributed by atoms with Gasteiger partial charge in [-0.3, -0.25) is 0 Å². The number of hydrogen-bond acceptors (Lipinski definition) is 3. The molecule has 0 amide bonds. The maximum atomic E-state index is 10.1. The highest BCUT2D eigenvalue weighted by atomic mass is 16.3. The van der Waals surface area contributed by atoms with Crippen molar-refractivity contribution in [2.24, 2.45) is 0 Å². The van der Waals surface area contributed by atoms with Gasteiger partial charge in [0.05, 0.1) is 6.10 Å². The third-order valence-corrected chi connectivity index (χ3v) is 3.34. The molecule has 2 aromatic carbocycles. The number of phenols is 1. The van der Waals surface area contributed by atoms with E-state index in [2.05, 4.69) is 24.4 Å². The van der Waals surface area contributed by atoms with Gasteiger partial charge in [0.25, 0.3) is 0 Å². The van der Waals surface area contributed by atoms with Crippen molar-refractivity contribution >= 4 is 0 Å². The Balaban J connectivity index is 1.84. The molecule has 2 aromatic rings. The lowest BCUT2D eigenvalue weighted by Crippen LogP contribution is -2.32. The van der Waals surface area contributed by atoms with Crippen LogP contribution in [-0.4, -0.2) is 22.8 Å². The second kappa shape index (κ2) is 7.08. The second-order valence-electron chi connectivity index (χ2n) is 5.07. The van der Waals surface area contributed by atoms with Gasteiger partial charge in [-0.15, -0.1) is 0 Å². The van der Waals surface area contributed by atoms with Crippen LogP contribution >= 0.6 is 0 Å². The molecule has 0 saturated carbocycles. The zero-order valence-corrected chi connectivity index (χ0v) is 11.7. The maximum Gasteiger partial charge on any atom is 0.121 e. The van der Waals surface area contributed by atoms with Crippen LogP contribution < -0.4 is 5.32 Å². The molecule has 0 aliphatic rings. The molecule has 0 aromatic heterocycles.